The molecule has 1 aliphatic rings. The third kappa shape index (κ3) is 2.10. The predicted octanol–water partition coefficient (Wildman–Crippen LogP) is 1.86. The molecule has 0 atom stereocenters. The van der Waals surface area contributed by atoms with E-state index in [0.717, 1.165) is 0 Å². The average molecular weight is 158 g/mol. The van der Waals surface area contributed by atoms with Crippen molar-refractivity contribution in [3.05, 3.63) is 0 Å². The third-order valence-corrected chi connectivity index (χ3v) is 3.39. The van der Waals surface area contributed by atoms with Crippen LogP contribution in [0.4, 0.5) is 0 Å². The first-order valence-electron chi connectivity index (χ1n) is 4.41. The highest BCUT2D eigenvalue weighted by atomic mass is 28.2. The summed E-state index contributed by atoms with van der Waals surface area (Å²) in [5.41, 5.74) is 0.291. The zero-order chi connectivity index (χ0) is 7.45. The summed E-state index contributed by atoms with van der Waals surface area (Å²) >= 11 is 0. The first-order chi connectivity index (χ1) is 4.77. The first kappa shape index (κ1) is 8.28. The van der Waals surface area contributed by atoms with Crippen LogP contribution in [0.1, 0.15) is 39.0 Å². The van der Waals surface area contributed by atoms with E-state index < -0.39 is 0 Å². The molecule has 0 bridgehead atoms. The van der Waals surface area contributed by atoms with Crippen molar-refractivity contribution in [2.75, 3.05) is 0 Å². The van der Waals surface area contributed by atoms with E-state index in [-0.39, 0.29) is 9.76 Å². The Morgan fingerprint density at radius 1 is 1.20 bits per heavy atom. The first-order valence-corrected chi connectivity index (χ1v) is 6.40. The zero-order valence-corrected chi connectivity index (χ0v) is 8.57. The van der Waals surface area contributed by atoms with E-state index in [1.807, 2.05) is 0 Å². The minimum Gasteiger partial charge on any atom is -0.419 e. The molecule has 10 heavy (non-hydrogen) atoms. The lowest BCUT2D eigenvalue weighted by molar-refractivity contribution is 0.0535. The van der Waals surface area contributed by atoms with Crippen LogP contribution in [0.5, 0.6) is 0 Å². The summed E-state index contributed by atoms with van der Waals surface area (Å²) in [5, 5.41) is 0. The zero-order valence-electron chi connectivity index (χ0n) is 7.15. The van der Waals surface area contributed by atoms with Gasteiger partial charge in [-0.1, -0.05) is 25.8 Å². The van der Waals surface area contributed by atoms with Crippen LogP contribution in [0.2, 0.25) is 6.55 Å². The van der Waals surface area contributed by atoms with Crippen molar-refractivity contribution in [3.8, 4) is 0 Å². The fourth-order valence-electron chi connectivity index (χ4n) is 1.79. The van der Waals surface area contributed by atoms with Gasteiger partial charge in [-0.15, -0.1) is 0 Å². The van der Waals surface area contributed by atoms with Crippen molar-refractivity contribution < 1.29 is 4.43 Å². The minimum absolute atomic E-state index is 0.188. The quantitative estimate of drug-likeness (QED) is 0.557. The van der Waals surface area contributed by atoms with Crippen LogP contribution in [0.3, 0.4) is 0 Å². The van der Waals surface area contributed by atoms with E-state index in [0.29, 0.717) is 5.60 Å². The van der Waals surface area contributed by atoms with Gasteiger partial charge in [0.05, 0.1) is 5.60 Å². The summed E-state index contributed by atoms with van der Waals surface area (Å²) in [4.78, 5) is 0. The maximum absolute atomic E-state index is 5.81. The van der Waals surface area contributed by atoms with E-state index in [9.17, 15) is 0 Å². The van der Waals surface area contributed by atoms with Crippen LogP contribution in [0.25, 0.3) is 0 Å². The summed E-state index contributed by atoms with van der Waals surface area (Å²) in [6.07, 6.45) is 6.78. The topological polar surface area (TPSA) is 9.23 Å². The highest BCUT2D eigenvalue weighted by Crippen LogP contribution is 2.30. The van der Waals surface area contributed by atoms with Gasteiger partial charge in [-0.25, -0.2) is 0 Å². The van der Waals surface area contributed by atoms with Crippen molar-refractivity contribution in [2.24, 2.45) is 0 Å². The Bertz CT molecular complexity index is 91.9. The summed E-state index contributed by atoms with van der Waals surface area (Å²) in [7, 11) is -0.188. The standard InChI is InChI=1S/C8H18OSi/c1-8(9-10-2)6-4-3-5-7-8/h3-7,10H2,1-2H3. The molecule has 2 heteroatoms. The number of hydrogen-bond acceptors (Lipinski definition) is 1. The Balaban J connectivity index is 2.32. The average Bonchev–Trinajstić information content (AvgIpc) is 1.89. The molecule has 1 saturated carbocycles. The summed E-state index contributed by atoms with van der Waals surface area (Å²) in [6, 6.07) is 0. The Labute approximate surface area is 66.1 Å². The molecule has 0 spiro atoms. The molecule has 1 fully saturated rings. The van der Waals surface area contributed by atoms with Crippen LogP contribution in [-0.4, -0.2) is 15.4 Å². The maximum atomic E-state index is 5.81. The van der Waals surface area contributed by atoms with Crippen LogP contribution in [-0.2, 0) is 4.43 Å². The predicted molar refractivity (Wildman–Crippen MR) is 47.0 cm³/mol. The lowest BCUT2D eigenvalue weighted by Gasteiger charge is -2.33. The van der Waals surface area contributed by atoms with E-state index in [1.165, 1.54) is 32.1 Å². The highest BCUT2D eigenvalue weighted by molar-refractivity contribution is 6.25. The van der Waals surface area contributed by atoms with E-state index in [1.54, 1.807) is 0 Å². The van der Waals surface area contributed by atoms with Gasteiger partial charge in [-0.05, 0) is 19.8 Å². The van der Waals surface area contributed by atoms with E-state index in [4.69, 9.17) is 4.43 Å². The summed E-state index contributed by atoms with van der Waals surface area (Å²) in [6.45, 7) is 4.50. The van der Waals surface area contributed by atoms with Gasteiger partial charge in [0.2, 0.25) is 0 Å². The molecule has 0 radical (unpaired) electrons. The Morgan fingerprint density at radius 3 is 2.30 bits per heavy atom. The molecule has 0 aromatic heterocycles. The molecule has 0 heterocycles. The molecule has 0 saturated heterocycles. The highest BCUT2D eigenvalue weighted by Gasteiger charge is 2.25. The smallest absolute Gasteiger partial charge is 0.159 e. The largest absolute Gasteiger partial charge is 0.419 e. The third-order valence-electron chi connectivity index (χ3n) is 2.40. The van der Waals surface area contributed by atoms with Gasteiger partial charge in [0.15, 0.2) is 9.76 Å². The van der Waals surface area contributed by atoms with Crippen LogP contribution < -0.4 is 0 Å². The molecule has 1 rings (SSSR count). The maximum Gasteiger partial charge on any atom is 0.159 e. The van der Waals surface area contributed by atoms with Gasteiger partial charge in [0.25, 0.3) is 0 Å². The van der Waals surface area contributed by atoms with Crippen LogP contribution in [0, 0.1) is 0 Å². The molecular weight excluding hydrogens is 140 g/mol. The molecule has 60 valence electrons. The Kier molecular flexibility index (Phi) is 2.92. The Morgan fingerprint density at radius 2 is 1.80 bits per heavy atom. The van der Waals surface area contributed by atoms with Crippen molar-refractivity contribution in [3.63, 3.8) is 0 Å². The van der Waals surface area contributed by atoms with Crippen LogP contribution in [0.15, 0.2) is 0 Å². The fraction of sp³-hybridized carbons (Fsp3) is 1.00. The summed E-state index contributed by atoms with van der Waals surface area (Å²) < 4.78 is 5.81. The molecular formula is C8H18OSi. The van der Waals surface area contributed by atoms with Crippen molar-refractivity contribution in [2.45, 2.75) is 51.2 Å². The second kappa shape index (κ2) is 3.53. The normalized spacial score (nSPS) is 25.8. The number of rotatable bonds is 2. The van der Waals surface area contributed by atoms with Crippen molar-refractivity contribution in [1.29, 1.82) is 0 Å². The molecule has 0 N–H and O–H groups in total. The SMILES string of the molecule is C[SiH2]OC1(C)CCCCC1. The molecule has 0 aromatic carbocycles. The van der Waals surface area contributed by atoms with Gasteiger partial charge in [0.1, 0.15) is 0 Å². The van der Waals surface area contributed by atoms with Gasteiger partial charge < -0.3 is 4.43 Å². The molecule has 0 aromatic rings. The monoisotopic (exact) mass is 158 g/mol. The Hall–Kier alpha value is 0.177. The summed E-state index contributed by atoms with van der Waals surface area (Å²) in [5.74, 6) is 0. The fourth-order valence-corrected chi connectivity index (χ4v) is 2.78. The van der Waals surface area contributed by atoms with Gasteiger partial charge in [-0.3, -0.25) is 0 Å². The number of hydrogen-bond donors (Lipinski definition) is 0. The molecule has 0 amide bonds. The van der Waals surface area contributed by atoms with E-state index >= 15 is 0 Å². The van der Waals surface area contributed by atoms with Gasteiger partial charge >= 0.3 is 0 Å². The van der Waals surface area contributed by atoms with E-state index in [2.05, 4.69) is 13.5 Å². The lowest BCUT2D eigenvalue weighted by atomic mass is 9.87. The minimum atomic E-state index is -0.188. The van der Waals surface area contributed by atoms with Gasteiger partial charge in [-0.2, -0.15) is 0 Å². The second-order valence-electron chi connectivity index (χ2n) is 3.44. The van der Waals surface area contributed by atoms with Gasteiger partial charge in [0, 0.05) is 0 Å². The molecule has 1 nitrogen and oxygen atoms in total. The molecule has 1 aliphatic carbocycles. The van der Waals surface area contributed by atoms with Crippen molar-refractivity contribution >= 4 is 9.76 Å². The van der Waals surface area contributed by atoms with Crippen LogP contribution >= 0.6 is 0 Å². The molecule has 0 aliphatic heterocycles. The lowest BCUT2D eigenvalue weighted by Crippen LogP contribution is -2.31. The molecule has 0 unspecified atom stereocenters. The second-order valence-corrected chi connectivity index (χ2v) is 4.31. The van der Waals surface area contributed by atoms with Crippen molar-refractivity contribution in [1.82, 2.24) is 0 Å².